The van der Waals surface area contributed by atoms with Crippen LogP contribution >= 0.6 is 36.9 Å². The van der Waals surface area contributed by atoms with Crippen LogP contribution in [0, 0.1) is 5.92 Å². The molecule has 0 radical (unpaired) electrons. The first-order valence-corrected chi connectivity index (χ1v) is 11.9. The number of benzene rings is 1. The highest BCUT2D eigenvalue weighted by Gasteiger charge is 2.49. The van der Waals surface area contributed by atoms with E-state index in [1.807, 2.05) is 17.0 Å². The fourth-order valence-corrected chi connectivity index (χ4v) is 5.46. The van der Waals surface area contributed by atoms with Gasteiger partial charge in [-0.25, -0.2) is 0 Å². The number of thiol groups is 2. The Morgan fingerprint density at radius 3 is 2.61 bits per heavy atom. The van der Waals surface area contributed by atoms with Crippen molar-refractivity contribution in [2.24, 2.45) is 5.92 Å². The molecule has 1 aromatic rings. The monoisotopic (exact) mass is 441 g/mol. The topological polar surface area (TPSA) is 35.6 Å². The first kappa shape index (κ1) is 22.3. The van der Waals surface area contributed by atoms with Gasteiger partial charge in [-0.2, -0.15) is 25.3 Å². The van der Waals surface area contributed by atoms with Gasteiger partial charge in [0.2, 0.25) is 5.91 Å². The van der Waals surface area contributed by atoms with Gasteiger partial charge >= 0.3 is 0 Å². The molecule has 28 heavy (non-hydrogen) atoms. The lowest BCUT2D eigenvalue weighted by molar-refractivity contribution is -0.139. The van der Waals surface area contributed by atoms with Crippen LogP contribution in [0.2, 0.25) is 5.02 Å². The molecule has 2 aliphatic rings. The molecule has 0 saturated carbocycles. The zero-order valence-electron chi connectivity index (χ0n) is 16.6. The number of carbonyl (C=O) groups is 1. The first-order valence-electron chi connectivity index (χ1n) is 10.3. The Hall–Kier alpha value is -0.400. The van der Waals surface area contributed by atoms with Crippen LogP contribution in [0.25, 0.3) is 0 Å². The molecule has 2 bridgehead atoms. The predicted molar refractivity (Wildman–Crippen MR) is 124 cm³/mol. The molecule has 2 fully saturated rings. The fraction of sp³-hybridized carbons (Fsp3) is 0.667. The molecular formula is C21H32ClN3OS2. The van der Waals surface area contributed by atoms with Crippen LogP contribution in [0.4, 0.5) is 0 Å². The van der Waals surface area contributed by atoms with Gasteiger partial charge < -0.3 is 10.2 Å². The summed E-state index contributed by atoms with van der Waals surface area (Å²) in [5.41, 5.74) is 1.24. The molecule has 2 aliphatic heterocycles. The molecule has 0 spiro atoms. The molecule has 1 aromatic carbocycles. The van der Waals surface area contributed by atoms with Crippen LogP contribution in [-0.4, -0.2) is 72.5 Å². The van der Waals surface area contributed by atoms with Gasteiger partial charge in [0.15, 0.2) is 0 Å². The third-order valence-corrected chi connectivity index (χ3v) is 7.06. The number of amides is 1. The van der Waals surface area contributed by atoms with Crippen molar-refractivity contribution in [1.29, 1.82) is 0 Å². The molecule has 2 heterocycles. The smallest absolute Gasteiger partial charge is 0.227 e. The van der Waals surface area contributed by atoms with Crippen LogP contribution in [0.15, 0.2) is 24.3 Å². The highest BCUT2D eigenvalue weighted by atomic mass is 35.5. The Kier molecular flexibility index (Phi) is 8.42. The maximum atomic E-state index is 13.7. The number of fused-ring (bicyclic) bond motifs is 2. The number of rotatable bonds is 9. The van der Waals surface area contributed by atoms with E-state index in [9.17, 15) is 4.79 Å². The summed E-state index contributed by atoms with van der Waals surface area (Å²) >= 11 is 14.8. The molecule has 1 N–H and O–H groups in total. The van der Waals surface area contributed by atoms with Gasteiger partial charge in [0.05, 0.1) is 5.92 Å². The number of nitrogens with zero attached hydrogens (tertiary/aromatic N) is 2. The van der Waals surface area contributed by atoms with Gasteiger partial charge in [0.25, 0.3) is 0 Å². The quantitative estimate of drug-likeness (QED) is 0.407. The van der Waals surface area contributed by atoms with Crippen molar-refractivity contribution in [3.05, 3.63) is 34.9 Å². The van der Waals surface area contributed by atoms with Crippen LogP contribution in [-0.2, 0) is 4.79 Å². The first-order chi connectivity index (χ1) is 13.6. The maximum Gasteiger partial charge on any atom is 0.227 e. The van der Waals surface area contributed by atoms with Gasteiger partial charge in [0.1, 0.15) is 0 Å². The summed E-state index contributed by atoms with van der Waals surface area (Å²) in [6.07, 6.45) is 3.33. The number of hydrogen-bond acceptors (Lipinski definition) is 5. The molecule has 7 heteroatoms. The third kappa shape index (κ3) is 5.01. The lowest BCUT2D eigenvalue weighted by Gasteiger charge is -2.44. The van der Waals surface area contributed by atoms with Crippen molar-refractivity contribution in [3.8, 4) is 0 Å². The Morgan fingerprint density at radius 2 is 1.93 bits per heavy atom. The SMILES string of the molecule is CN1C2CCC1[C@@H](C(=O)N(CCS)CCNCCS)[C@@H](c1ccc(Cl)cc1)C2. The zero-order valence-corrected chi connectivity index (χ0v) is 19.1. The highest BCUT2D eigenvalue weighted by molar-refractivity contribution is 7.80. The highest BCUT2D eigenvalue weighted by Crippen LogP contribution is 2.47. The van der Waals surface area contributed by atoms with Crippen molar-refractivity contribution in [3.63, 3.8) is 0 Å². The maximum absolute atomic E-state index is 13.7. The molecule has 2 unspecified atom stereocenters. The normalized spacial score (nSPS) is 27.1. The largest absolute Gasteiger partial charge is 0.340 e. The van der Waals surface area contributed by atoms with E-state index >= 15 is 0 Å². The summed E-state index contributed by atoms with van der Waals surface area (Å²) in [6.45, 7) is 3.06. The predicted octanol–water partition coefficient (Wildman–Crippen LogP) is 3.18. The number of halogens is 1. The van der Waals surface area contributed by atoms with E-state index in [1.165, 1.54) is 12.0 Å². The van der Waals surface area contributed by atoms with Crippen molar-refractivity contribution in [1.82, 2.24) is 15.1 Å². The van der Waals surface area contributed by atoms with Crippen LogP contribution < -0.4 is 5.32 Å². The number of piperidine rings is 1. The minimum atomic E-state index is -0.00492. The van der Waals surface area contributed by atoms with E-state index in [0.29, 0.717) is 24.4 Å². The van der Waals surface area contributed by atoms with E-state index in [1.54, 1.807) is 0 Å². The van der Waals surface area contributed by atoms with E-state index in [-0.39, 0.29) is 17.7 Å². The number of carbonyl (C=O) groups excluding carboxylic acids is 1. The number of hydrogen-bond donors (Lipinski definition) is 3. The Labute approximate surface area is 185 Å². The summed E-state index contributed by atoms with van der Waals surface area (Å²) < 4.78 is 0. The van der Waals surface area contributed by atoms with E-state index in [2.05, 4.69) is 54.7 Å². The third-order valence-electron chi connectivity index (χ3n) is 6.38. The molecule has 2 saturated heterocycles. The minimum absolute atomic E-state index is 0.00492. The summed E-state index contributed by atoms with van der Waals surface area (Å²) in [5, 5.41) is 4.10. The minimum Gasteiger partial charge on any atom is -0.340 e. The zero-order chi connectivity index (χ0) is 20.1. The molecular weight excluding hydrogens is 410 g/mol. The van der Waals surface area contributed by atoms with E-state index in [0.717, 1.165) is 43.3 Å². The van der Waals surface area contributed by atoms with E-state index in [4.69, 9.17) is 11.6 Å². The Morgan fingerprint density at radius 1 is 1.18 bits per heavy atom. The second-order valence-electron chi connectivity index (χ2n) is 7.91. The van der Waals surface area contributed by atoms with Crippen molar-refractivity contribution in [2.75, 3.05) is 44.7 Å². The summed E-state index contributed by atoms with van der Waals surface area (Å²) in [7, 11) is 2.19. The summed E-state index contributed by atoms with van der Waals surface area (Å²) in [4.78, 5) is 18.2. The van der Waals surface area contributed by atoms with Gasteiger partial charge in [0, 0.05) is 54.8 Å². The van der Waals surface area contributed by atoms with Crippen LogP contribution in [0.5, 0.6) is 0 Å². The van der Waals surface area contributed by atoms with Crippen molar-refractivity contribution in [2.45, 2.75) is 37.3 Å². The van der Waals surface area contributed by atoms with Crippen molar-refractivity contribution < 1.29 is 4.79 Å². The Bertz CT molecular complexity index is 645. The molecule has 4 atom stereocenters. The van der Waals surface area contributed by atoms with Gasteiger partial charge in [-0.05, 0) is 49.9 Å². The van der Waals surface area contributed by atoms with Gasteiger partial charge in [-0.15, -0.1) is 0 Å². The second-order valence-corrected chi connectivity index (χ2v) is 9.24. The molecule has 4 nitrogen and oxygen atoms in total. The average Bonchev–Trinajstić information content (AvgIpc) is 2.92. The molecule has 0 aromatic heterocycles. The fourth-order valence-electron chi connectivity index (χ4n) is 4.94. The van der Waals surface area contributed by atoms with Crippen LogP contribution in [0.3, 0.4) is 0 Å². The lowest BCUT2D eigenvalue weighted by atomic mass is 9.75. The van der Waals surface area contributed by atoms with Gasteiger partial charge in [-0.1, -0.05) is 23.7 Å². The van der Waals surface area contributed by atoms with Crippen molar-refractivity contribution >= 4 is 42.8 Å². The van der Waals surface area contributed by atoms with E-state index < -0.39 is 0 Å². The number of nitrogens with one attached hydrogen (secondary N) is 1. The van der Waals surface area contributed by atoms with Gasteiger partial charge in [-0.3, -0.25) is 9.69 Å². The molecule has 156 valence electrons. The lowest BCUT2D eigenvalue weighted by Crippen LogP contribution is -2.53. The standard InChI is InChI=1S/C21H32ClN3OS2/c1-24-17-6-7-19(24)20(18(14-17)15-2-4-16(22)5-3-15)21(26)25(11-13-28)10-8-23-9-12-27/h2-5,17-20,23,27-28H,6-14H2,1H3/t17?,18-,19?,20+/m1/s1. The summed E-state index contributed by atoms with van der Waals surface area (Å²) in [6, 6.07) is 9.01. The van der Waals surface area contributed by atoms with Crippen LogP contribution in [0.1, 0.15) is 30.7 Å². The second kappa shape index (κ2) is 10.6. The summed E-state index contributed by atoms with van der Waals surface area (Å²) in [5.74, 6) is 2.01. The average molecular weight is 442 g/mol. The molecule has 3 rings (SSSR count). The molecule has 1 amide bonds. The Balaban J connectivity index is 1.82. The molecule has 0 aliphatic carbocycles.